The minimum Gasteiger partial charge on any atom is -0.231 e. The lowest BCUT2D eigenvalue weighted by Gasteiger charge is -2.06. The van der Waals surface area contributed by atoms with Gasteiger partial charge in [-0.3, -0.25) is 0 Å². The largest absolute Gasteiger partial charge is 0.231 e. The van der Waals surface area contributed by atoms with Crippen LogP contribution in [0.15, 0.2) is 54.6 Å². The number of aromatic nitrogens is 4. The normalized spacial score (nSPS) is 11.1. The Morgan fingerprint density at radius 3 is 2.38 bits per heavy atom. The maximum Gasteiger partial charge on any atom is 0.151 e. The molecule has 118 valence electrons. The first kappa shape index (κ1) is 15.1. The van der Waals surface area contributed by atoms with E-state index in [0.717, 1.165) is 28.0 Å². The van der Waals surface area contributed by atoms with Crippen LogP contribution in [0.1, 0.15) is 5.69 Å². The molecule has 24 heavy (non-hydrogen) atoms. The second-order valence-electron chi connectivity index (χ2n) is 5.47. The van der Waals surface area contributed by atoms with Gasteiger partial charge >= 0.3 is 0 Å². The van der Waals surface area contributed by atoms with E-state index in [4.69, 9.17) is 23.2 Å². The van der Waals surface area contributed by atoms with Gasteiger partial charge in [-0.25, -0.2) is 4.52 Å². The molecule has 0 N–H and O–H groups in total. The van der Waals surface area contributed by atoms with Crippen molar-refractivity contribution in [3.8, 4) is 22.5 Å². The molecule has 4 aromatic rings. The lowest BCUT2D eigenvalue weighted by atomic mass is 10.0. The maximum atomic E-state index is 6.02. The third kappa shape index (κ3) is 2.64. The summed E-state index contributed by atoms with van der Waals surface area (Å²) in [5.41, 5.74) is 5.54. The summed E-state index contributed by atoms with van der Waals surface area (Å²) < 4.78 is 1.89. The van der Waals surface area contributed by atoms with Gasteiger partial charge in [0.25, 0.3) is 0 Å². The Morgan fingerprint density at radius 1 is 0.875 bits per heavy atom. The van der Waals surface area contributed by atoms with Crippen LogP contribution in [0.5, 0.6) is 0 Å². The lowest BCUT2D eigenvalue weighted by molar-refractivity contribution is 0.901. The van der Waals surface area contributed by atoms with Crippen LogP contribution in [0.4, 0.5) is 0 Å². The molecule has 0 fully saturated rings. The van der Waals surface area contributed by atoms with E-state index >= 15 is 0 Å². The molecule has 4 nitrogen and oxygen atoms in total. The summed E-state index contributed by atoms with van der Waals surface area (Å²) >= 11 is 11.9. The van der Waals surface area contributed by atoms with E-state index < -0.39 is 0 Å². The first-order valence-electron chi connectivity index (χ1n) is 7.37. The number of hydrogen-bond acceptors (Lipinski definition) is 3. The molecule has 4 rings (SSSR count). The van der Waals surface area contributed by atoms with Crippen molar-refractivity contribution in [2.24, 2.45) is 0 Å². The molecular formula is C18H12Cl2N4. The van der Waals surface area contributed by atoms with Gasteiger partial charge in [-0.15, -0.1) is 10.2 Å². The highest BCUT2D eigenvalue weighted by atomic mass is 35.5. The molecule has 0 saturated carbocycles. The zero-order valence-corrected chi connectivity index (χ0v) is 14.3. The number of fused-ring (bicyclic) bond motifs is 1. The molecular weight excluding hydrogens is 343 g/mol. The number of hydrogen-bond donors (Lipinski definition) is 0. The van der Waals surface area contributed by atoms with Crippen molar-refractivity contribution < 1.29 is 0 Å². The molecule has 0 radical (unpaired) electrons. The second-order valence-corrected chi connectivity index (χ2v) is 6.29. The van der Waals surface area contributed by atoms with Gasteiger partial charge in [0, 0.05) is 10.6 Å². The van der Waals surface area contributed by atoms with E-state index in [2.05, 4.69) is 21.4 Å². The average molecular weight is 355 g/mol. The summed E-state index contributed by atoms with van der Waals surface area (Å²) in [6.07, 6.45) is 0. The van der Waals surface area contributed by atoms with Crippen LogP contribution >= 0.6 is 23.2 Å². The molecule has 0 unspecified atom stereocenters. The van der Waals surface area contributed by atoms with Gasteiger partial charge in [-0.05, 0) is 55.0 Å². The van der Waals surface area contributed by atoms with Crippen molar-refractivity contribution in [2.45, 2.75) is 6.92 Å². The summed E-state index contributed by atoms with van der Waals surface area (Å²) in [5, 5.41) is 13.9. The van der Waals surface area contributed by atoms with Gasteiger partial charge in [0.05, 0.1) is 11.2 Å². The van der Waals surface area contributed by atoms with E-state index in [1.54, 1.807) is 6.07 Å². The van der Waals surface area contributed by atoms with E-state index in [1.165, 1.54) is 0 Å². The van der Waals surface area contributed by atoms with Crippen molar-refractivity contribution in [3.63, 3.8) is 0 Å². The number of rotatable bonds is 2. The van der Waals surface area contributed by atoms with Crippen LogP contribution in [-0.4, -0.2) is 19.8 Å². The average Bonchev–Trinajstić information content (AvgIpc) is 2.95. The van der Waals surface area contributed by atoms with E-state index in [-0.39, 0.29) is 0 Å². The predicted molar refractivity (Wildman–Crippen MR) is 96.4 cm³/mol. The molecule has 6 heteroatoms. The Morgan fingerprint density at radius 2 is 1.67 bits per heavy atom. The summed E-state index contributed by atoms with van der Waals surface area (Å²) in [5.74, 6) is 0. The standard InChI is InChI=1S/C18H12Cl2N4/c1-11-2-7-14-10-15(12-3-5-13(19)6-4-12)18(24(14)23-11)16-8-9-17(20)22-21-16/h2-10H,1H3. The van der Waals surface area contributed by atoms with Crippen LogP contribution < -0.4 is 0 Å². The molecule has 0 spiro atoms. The fraction of sp³-hybridized carbons (Fsp3) is 0.0556. The third-order valence-electron chi connectivity index (χ3n) is 3.79. The van der Waals surface area contributed by atoms with Crippen molar-refractivity contribution in [3.05, 3.63) is 70.5 Å². The molecule has 1 aromatic carbocycles. The van der Waals surface area contributed by atoms with Gasteiger partial charge in [0.1, 0.15) is 11.4 Å². The fourth-order valence-electron chi connectivity index (χ4n) is 2.68. The van der Waals surface area contributed by atoms with Crippen molar-refractivity contribution in [1.82, 2.24) is 19.8 Å². The highest BCUT2D eigenvalue weighted by Gasteiger charge is 2.16. The van der Waals surface area contributed by atoms with Crippen LogP contribution in [0, 0.1) is 6.92 Å². The Labute approximate surface area is 148 Å². The van der Waals surface area contributed by atoms with Crippen molar-refractivity contribution in [1.29, 1.82) is 0 Å². The highest BCUT2D eigenvalue weighted by molar-refractivity contribution is 6.30. The summed E-state index contributed by atoms with van der Waals surface area (Å²) in [7, 11) is 0. The minimum atomic E-state index is 0.358. The van der Waals surface area contributed by atoms with Gasteiger partial charge in [-0.2, -0.15) is 5.10 Å². The number of benzene rings is 1. The lowest BCUT2D eigenvalue weighted by Crippen LogP contribution is -1.98. The Kier molecular flexibility index (Phi) is 3.71. The molecule has 0 aliphatic rings. The van der Waals surface area contributed by atoms with Gasteiger partial charge < -0.3 is 0 Å². The third-order valence-corrected chi connectivity index (χ3v) is 4.24. The molecule has 0 bridgehead atoms. The maximum absolute atomic E-state index is 6.02. The van der Waals surface area contributed by atoms with Crippen LogP contribution in [0.2, 0.25) is 10.2 Å². The Balaban J connectivity index is 2.03. The van der Waals surface area contributed by atoms with E-state index in [9.17, 15) is 0 Å². The SMILES string of the molecule is Cc1ccc2cc(-c3ccc(Cl)cc3)c(-c3ccc(Cl)nn3)n2n1. The first-order chi connectivity index (χ1) is 11.6. The molecule has 0 aliphatic heterocycles. The number of halogens is 2. The fourth-order valence-corrected chi connectivity index (χ4v) is 2.91. The molecule has 0 amide bonds. The molecule has 0 saturated heterocycles. The van der Waals surface area contributed by atoms with Gasteiger partial charge in [0.2, 0.25) is 0 Å². The zero-order valence-electron chi connectivity index (χ0n) is 12.7. The minimum absolute atomic E-state index is 0.358. The van der Waals surface area contributed by atoms with Crippen LogP contribution in [-0.2, 0) is 0 Å². The van der Waals surface area contributed by atoms with Crippen molar-refractivity contribution in [2.75, 3.05) is 0 Å². The monoisotopic (exact) mass is 354 g/mol. The molecule has 0 atom stereocenters. The van der Waals surface area contributed by atoms with E-state index in [1.807, 2.05) is 53.9 Å². The first-order valence-corrected chi connectivity index (χ1v) is 8.12. The summed E-state index contributed by atoms with van der Waals surface area (Å²) in [6.45, 7) is 1.96. The van der Waals surface area contributed by atoms with Gasteiger partial charge in [0.15, 0.2) is 5.15 Å². The van der Waals surface area contributed by atoms with Gasteiger partial charge in [-0.1, -0.05) is 35.3 Å². The Bertz CT molecular complexity index is 1020. The number of nitrogens with zero attached hydrogens (tertiary/aromatic N) is 4. The molecule has 3 heterocycles. The summed E-state index contributed by atoms with van der Waals surface area (Å²) in [6, 6.07) is 17.4. The summed E-state index contributed by atoms with van der Waals surface area (Å²) in [4.78, 5) is 0. The van der Waals surface area contributed by atoms with Crippen LogP contribution in [0.3, 0.4) is 0 Å². The Hall–Kier alpha value is -2.43. The molecule has 3 aromatic heterocycles. The molecule has 0 aliphatic carbocycles. The van der Waals surface area contributed by atoms with Crippen LogP contribution in [0.25, 0.3) is 28.0 Å². The second kappa shape index (κ2) is 5.89. The van der Waals surface area contributed by atoms with E-state index in [0.29, 0.717) is 15.9 Å². The highest BCUT2D eigenvalue weighted by Crippen LogP contribution is 2.34. The zero-order chi connectivity index (χ0) is 16.7. The predicted octanol–water partition coefficient (Wildman–Crippen LogP) is 5.07. The van der Waals surface area contributed by atoms with Crippen molar-refractivity contribution >= 4 is 28.7 Å². The smallest absolute Gasteiger partial charge is 0.151 e. The topological polar surface area (TPSA) is 43.1 Å². The quantitative estimate of drug-likeness (QED) is 0.504. The number of aryl methyl sites for hydroxylation is 1.